The third-order valence-electron chi connectivity index (χ3n) is 3.74. The van der Waals surface area contributed by atoms with Crippen LogP contribution in [0.25, 0.3) is 0 Å². The molecule has 6 nitrogen and oxygen atoms in total. The lowest BCUT2D eigenvalue weighted by molar-refractivity contribution is 0.0976. The minimum absolute atomic E-state index is 0.210. The van der Waals surface area contributed by atoms with Gasteiger partial charge in [-0.3, -0.25) is 4.79 Å². The highest BCUT2D eigenvalue weighted by atomic mass is 16.5. The van der Waals surface area contributed by atoms with Crippen molar-refractivity contribution in [3.63, 3.8) is 0 Å². The van der Waals surface area contributed by atoms with Gasteiger partial charge in [-0.1, -0.05) is 23.4 Å². The van der Waals surface area contributed by atoms with Gasteiger partial charge in [0.15, 0.2) is 5.69 Å². The lowest BCUT2D eigenvalue weighted by Gasteiger charge is -2.23. The first-order chi connectivity index (χ1) is 11.1. The zero-order chi connectivity index (χ0) is 16.4. The van der Waals surface area contributed by atoms with Gasteiger partial charge in [-0.2, -0.15) is 0 Å². The molecule has 0 aliphatic rings. The summed E-state index contributed by atoms with van der Waals surface area (Å²) in [5.74, 6) is 0.396. The summed E-state index contributed by atoms with van der Waals surface area (Å²) >= 11 is 0. The Morgan fingerprint density at radius 1 is 1.26 bits per heavy atom. The molecule has 1 amide bonds. The van der Waals surface area contributed by atoms with Crippen LogP contribution in [0, 0.1) is 20.8 Å². The first-order valence-electron chi connectivity index (χ1n) is 7.36. The molecule has 1 aromatic carbocycles. The number of aromatic nitrogens is 3. The zero-order valence-electron chi connectivity index (χ0n) is 13.3. The van der Waals surface area contributed by atoms with Crippen molar-refractivity contribution in [2.75, 3.05) is 4.90 Å². The van der Waals surface area contributed by atoms with Crippen LogP contribution in [0.15, 0.2) is 41.2 Å². The highest BCUT2D eigenvalue weighted by Gasteiger charge is 2.23. The minimum atomic E-state index is -0.210. The van der Waals surface area contributed by atoms with E-state index in [4.69, 9.17) is 4.52 Å². The fourth-order valence-electron chi connectivity index (χ4n) is 2.43. The van der Waals surface area contributed by atoms with Crippen LogP contribution >= 0.6 is 0 Å². The van der Waals surface area contributed by atoms with Gasteiger partial charge in [0.05, 0.1) is 18.6 Å². The third-order valence-corrected chi connectivity index (χ3v) is 3.74. The smallest absolute Gasteiger partial charge is 0.280 e. The molecule has 1 N–H and O–H groups in total. The Labute approximate surface area is 134 Å². The lowest BCUT2D eigenvalue weighted by atomic mass is 10.1. The van der Waals surface area contributed by atoms with Gasteiger partial charge in [0, 0.05) is 17.4 Å². The number of aryl methyl sites for hydroxylation is 3. The van der Waals surface area contributed by atoms with E-state index >= 15 is 0 Å². The highest BCUT2D eigenvalue weighted by molar-refractivity contribution is 6.05. The van der Waals surface area contributed by atoms with E-state index in [1.54, 1.807) is 24.2 Å². The number of nitrogens with zero attached hydrogens (tertiary/aromatic N) is 3. The van der Waals surface area contributed by atoms with E-state index in [-0.39, 0.29) is 5.91 Å². The number of carbonyl (C=O) groups is 1. The summed E-state index contributed by atoms with van der Waals surface area (Å²) in [6.45, 7) is 6.04. The third kappa shape index (κ3) is 3.01. The maximum absolute atomic E-state index is 12.9. The van der Waals surface area contributed by atoms with Crippen LogP contribution in [0.1, 0.15) is 33.2 Å². The van der Waals surface area contributed by atoms with Gasteiger partial charge in [-0.15, -0.1) is 0 Å². The molecule has 0 saturated carbocycles. The molecule has 2 aromatic heterocycles. The predicted molar refractivity (Wildman–Crippen MR) is 86.3 cm³/mol. The molecule has 0 fully saturated rings. The summed E-state index contributed by atoms with van der Waals surface area (Å²) in [7, 11) is 0. The maximum Gasteiger partial charge on any atom is 0.280 e. The molecule has 23 heavy (non-hydrogen) atoms. The van der Waals surface area contributed by atoms with Crippen LogP contribution < -0.4 is 4.90 Å². The van der Waals surface area contributed by atoms with Crippen LogP contribution in [0.3, 0.4) is 0 Å². The summed E-state index contributed by atoms with van der Waals surface area (Å²) in [5.41, 5.74) is 3.89. The Morgan fingerprint density at radius 2 is 2.04 bits per heavy atom. The van der Waals surface area contributed by atoms with E-state index in [1.165, 1.54) is 0 Å². The van der Waals surface area contributed by atoms with Gasteiger partial charge in [-0.25, -0.2) is 4.98 Å². The van der Waals surface area contributed by atoms with Crippen LogP contribution in [0.5, 0.6) is 0 Å². The Morgan fingerprint density at radius 3 is 2.65 bits per heavy atom. The van der Waals surface area contributed by atoms with Crippen molar-refractivity contribution < 1.29 is 9.32 Å². The summed E-state index contributed by atoms with van der Waals surface area (Å²) in [4.78, 5) is 21.9. The molecule has 0 atom stereocenters. The second-order valence-corrected chi connectivity index (χ2v) is 5.47. The molecule has 118 valence electrons. The van der Waals surface area contributed by atoms with Crippen molar-refractivity contribution in [2.45, 2.75) is 27.3 Å². The van der Waals surface area contributed by atoms with Gasteiger partial charge in [-0.05, 0) is 32.4 Å². The average Bonchev–Trinajstić information content (AvgIpc) is 3.14. The molecule has 0 radical (unpaired) electrons. The number of rotatable bonds is 4. The molecule has 2 heterocycles. The number of nitrogens with one attached hydrogen (secondary N) is 1. The number of benzene rings is 1. The first kappa shape index (κ1) is 15.0. The SMILES string of the molecule is Cc1cc(C(=O)N(Cc2nc[nH]c2C)c2ccccc2C)no1. The molecular formula is C17H18N4O2. The van der Waals surface area contributed by atoms with Crippen LogP contribution in [0.4, 0.5) is 5.69 Å². The largest absolute Gasteiger partial charge is 0.361 e. The average molecular weight is 310 g/mol. The number of para-hydroxylation sites is 1. The fourth-order valence-corrected chi connectivity index (χ4v) is 2.43. The summed E-state index contributed by atoms with van der Waals surface area (Å²) in [6.07, 6.45) is 1.63. The van der Waals surface area contributed by atoms with Crippen molar-refractivity contribution in [3.05, 3.63) is 65.1 Å². The molecule has 0 spiro atoms. The number of hydrogen-bond donors (Lipinski definition) is 1. The van der Waals surface area contributed by atoms with Crippen molar-refractivity contribution in [1.29, 1.82) is 0 Å². The summed E-state index contributed by atoms with van der Waals surface area (Å²) < 4.78 is 5.04. The second kappa shape index (κ2) is 6.08. The van der Waals surface area contributed by atoms with E-state index in [0.717, 1.165) is 22.6 Å². The Bertz CT molecular complexity index is 834. The van der Waals surface area contributed by atoms with Gasteiger partial charge in [0.2, 0.25) is 0 Å². The molecule has 0 unspecified atom stereocenters. The molecule has 0 bridgehead atoms. The van der Waals surface area contributed by atoms with Gasteiger partial charge in [0.25, 0.3) is 5.91 Å². The number of hydrogen-bond acceptors (Lipinski definition) is 4. The number of anilines is 1. The van der Waals surface area contributed by atoms with E-state index in [1.807, 2.05) is 38.1 Å². The van der Waals surface area contributed by atoms with E-state index < -0.39 is 0 Å². The van der Waals surface area contributed by atoms with Gasteiger partial charge >= 0.3 is 0 Å². The van der Waals surface area contributed by atoms with E-state index in [9.17, 15) is 4.79 Å². The Hall–Kier alpha value is -2.89. The molecular weight excluding hydrogens is 292 g/mol. The van der Waals surface area contributed by atoms with Gasteiger partial charge in [0.1, 0.15) is 5.76 Å². The normalized spacial score (nSPS) is 10.7. The highest BCUT2D eigenvalue weighted by Crippen LogP contribution is 2.24. The standard InChI is InChI=1S/C17H18N4O2/c1-11-6-4-5-7-16(11)21(9-15-13(3)18-10-19-15)17(22)14-8-12(2)23-20-14/h4-8,10H,9H2,1-3H3,(H,18,19). The maximum atomic E-state index is 12.9. The van der Waals surface area contributed by atoms with E-state index in [2.05, 4.69) is 15.1 Å². The molecule has 0 aliphatic carbocycles. The zero-order valence-corrected chi connectivity index (χ0v) is 13.3. The summed E-state index contributed by atoms with van der Waals surface area (Å²) in [6, 6.07) is 9.39. The quantitative estimate of drug-likeness (QED) is 0.803. The molecule has 3 aromatic rings. The van der Waals surface area contributed by atoms with Crippen molar-refractivity contribution >= 4 is 11.6 Å². The van der Waals surface area contributed by atoms with Crippen LogP contribution in [0.2, 0.25) is 0 Å². The van der Waals surface area contributed by atoms with Crippen molar-refractivity contribution in [1.82, 2.24) is 15.1 Å². The van der Waals surface area contributed by atoms with Crippen LogP contribution in [-0.2, 0) is 6.54 Å². The number of carbonyl (C=O) groups excluding carboxylic acids is 1. The summed E-state index contributed by atoms with van der Waals surface area (Å²) in [5, 5.41) is 3.85. The second-order valence-electron chi connectivity index (χ2n) is 5.47. The van der Waals surface area contributed by atoms with Crippen molar-refractivity contribution in [3.8, 4) is 0 Å². The van der Waals surface area contributed by atoms with Crippen LogP contribution in [-0.4, -0.2) is 21.0 Å². The lowest BCUT2D eigenvalue weighted by Crippen LogP contribution is -2.31. The monoisotopic (exact) mass is 310 g/mol. The minimum Gasteiger partial charge on any atom is -0.361 e. The van der Waals surface area contributed by atoms with E-state index in [0.29, 0.717) is 18.0 Å². The predicted octanol–water partition coefficient (Wildman–Crippen LogP) is 3.17. The molecule has 0 saturated heterocycles. The van der Waals surface area contributed by atoms with Gasteiger partial charge < -0.3 is 14.4 Å². The molecule has 0 aliphatic heterocycles. The Kier molecular flexibility index (Phi) is 3.97. The van der Waals surface area contributed by atoms with Crippen molar-refractivity contribution in [2.24, 2.45) is 0 Å². The number of amides is 1. The molecule has 3 rings (SSSR count). The number of imidazole rings is 1. The Balaban J connectivity index is 2.01. The number of H-pyrrole nitrogens is 1. The fraction of sp³-hybridized carbons (Fsp3) is 0.235. The topological polar surface area (TPSA) is 75.0 Å². The number of aromatic amines is 1. The first-order valence-corrected chi connectivity index (χ1v) is 7.36. The molecule has 6 heteroatoms.